The molecule has 1 rings (SSSR count). The van der Waals surface area contributed by atoms with Gasteiger partial charge in [-0.25, -0.2) is 0 Å². The molecular formula is C17H30N2. The Bertz CT molecular complexity index is 408. The maximum absolute atomic E-state index is 5.73. The predicted molar refractivity (Wildman–Crippen MR) is 84.7 cm³/mol. The van der Waals surface area contributed by atoms with Gasteiger partial charge in [-0.3, -0.25) is 0 Å². The van der Waals surface area contributed by atoms with Gasteiger partial charge in [0.15, 0.2) is 0 Å². The van der Waals surface area contributed by atoms with E-state index in [1.54, 1.807) is 0 Å². The molecule has 0 aliphatic carbocycles. The molecule has 0 heterocycles. The Labute approximate surface area is 118 Å². The lowest BCUT2D eigenvalue weighted by molar-refractivity contribution is 0.340. The molecule has 0 aromatic heterocycles. The predicted octanol–water partition coefficient (Wildman–Crippen LogP) is 3.12. The Morgan fingerprint density at radius 3 is 2.37 bits per heavy atom. The smallest absolute Gasteiger partial charge is 0.000825 e. The summed E-state index contributed by atoms with van der Waals surface area (Å²) in [5.41, 5.74) is 11.7. The number of nitrogens with one attached hydrogen (secondary N) is 1. The second kappa shape index (κ2) is 7.06. The molecule has 0 aliphatic heterocycles. The van der Waals surface area contributed by atoms with E-state index in [-0.39, 0.29) is 5.41 Å². The Morgan fingerprint density at radius 2 is 1.74 bits per heavy atom. The van der Waals surface area contributed by atoms with Crippen molar-refractivity contribution >= 4 is 0 Å². The average molecular weight is 262 g/mol. The van der Waals surface area contributed by atoms with Crippen LogP contribution in [0.1, 0.15) is 42.5 Å². The van der Waals surface area contributed by atoms with Crippen molar-refractivity contribution in [2.24, 2.45) is 11.1 Å². The second-order valence-electron chi connectivity index (χ2n) is 6.41. The molecule has 108 valence electrons. The fourth-order valence-corrected chi connectivity index (χ4v) is 2.16. The monoisotopic (exact) mass is 262 g/mol. The van der Waals surface area contributed by atoms with E-state index in [9.17, 15) is 0 Å². The molecule has 0 aliphatic rings. The SMILES string of the molecule is Cc1ccc(CCNCCC(C)(C)CN)c(C)c1C. The molecule has 0 fully saturated rings. The first-order chi connectivity index (χ1) is 8.87. The summed E-state index contributed by atoms with van der Waals surface area (Å²) in [4.78, 5) is 0. The zero-order chi connectivity index (χ0) is 14.5. The topological polar surface area (TPSA) is 38.0 Å². The molecule has 0 spiro atoms. The van der Waals surface area contributed by atoms with Crippen LogP contribution in [0.3, 0.4) is 0 Å². The highest BCUT2D eigenvalue weighted by atomic mass is 14.8. The Kier molecular flexibility index (Phi) is 6.02. The highest BCUT2D eigenvalue weighted by Gasteiger charge is 2.14. The quantitative estimate of drug-likeness (QED) is 0.741. The molecule has 19 heavy (non-hydrogen) atoms. The highest BCUT2D eigenvalue weighted by Crippen LogP contribution is 2.18. The molecule has 0 bridgehead atoms. The summed E-state index contributed by atoms with van der Waals surface area (Å²) in [7, 11) is 0. The van der Waals surface area contributed by atoms with Gasteiger partial charge in [0.2, 0.25) is 0 Å². The van der Waals surface area contributed by atoms with Gasteiger partial charge in [0.25, 0.3) is 0 Å². The van der Waals surface area contributed by atoms with Crippen molar-refractivity contribution in [3.63, 3.8) is 0 Å². The molecule has 1 aromatic rings. The molecule has 3 N–H and O–H groups in total. The molecule has 0 unspecified atom stereocenters. The standard InChI is InChI=1S/C17H30N2/c1-13-6-7-16(15(3)14(13)2)8-10-19-11-9-17(4,5)12-18/h6-7,19H,8-12,18H2,1-5H3. The first-order valence-electron chi connectivity index (χ1n) is 7.34. The van der Waals surface area contributed by atoms with Crippen molar-refractivity contribution in [2.45, 2.75) is 47.5 Å². The van der Waals surface area contributed by atoms with Crippen LogP contribution in [0.25, 0.3) is 0 Å². The van der Waals surface area contributed by atoms with Gasteiger partial charge in [-0.2, -0.15) is 0 Å². The Hall–Kier alpha value is -0.860. The van der Waals surface area contributed by atoms with Crippen molar-refractivity contribution in [1.82, 2.24) is 5.32 Å². The largest absolute Gasteiger partial charge is 0.330 e. The van der Waals surface area contributed by atoms with Crippen molar-refractivity contribution < 1.29 is 0 Å². The lowest BCUT2D eigenvalue weighted by Crippen LogP contribution is -2.29. The van der Waals surface area contributed by atoms with E-state index in [1.807, 2.05) is 0 Å². The third-order valence-electron chi connectivity index (χ3n) is 4.27. The number of hydrogen-bond acceptors (Lipinski definition) is 2. The van der Waals surface area contributed by atoms with Crippen LogP contribution in [0.5, 0.6) is 0 Å². The van der Waals surface area contributed by atoms with Gasteiger partial charge >= 0.3 is 0 Å². The molecule has 0 radical (unpaired) electrons. The van der Waals surface area contributed by atoms with Gasteiger partial charge in [0, 0.05) is 0 Å². The average Bonchev–Trinajstić information content (AvgIpc) is 2.38. The van der Waals surface area contributed by atoms with Gasteiger partial charge < -0.3 is 11.1 Å². The van der Waals surface area contributed by atoms with Crippen LogP contribution in [0.4, 0.5) is 0 Å². The van der Waals surface area contributed by atoms with Gasteiger partial charge in [-0.1, -0.05) is 26.0 Å². The molecule has 0 saturated carbocycles. The lowest BCUT2D eigenvalue weighted by atomic mass is 9.90. The van der Waals surface area contributed by atoms with E-state index in [0.717, 1.165) is 32.5 Å². The van der Waals surface area contributed by atoms with Crippen LogP contribution in [0.15, 0.2) is 12.1 Å². The number of benzene rings is 1. The van der Waals surface area contributed by atoms with Gasteiger partial charge in [0.1, 0.15) is 0 Å². The van der Waals surface area contributed by atoms with Gasteiger partial charge in [0.05, 0.1) is 0 Å². The molecule has 0 amide bonds. The van der Waals surface area contributed by atoms with Gasteiger partial charge in [-0.05, 0) is 80.9 Å². The van der Waals surface area contributed by atoms with E-state index in [2.05, 4.69) is 52.1 Å². The highest BCUT2D eigenvalue weighted by molar-refractivity contribution is 5.38. The van der Waals surface area contributed by atoms with Crippen LogP contribution in [-0.4, -0.2) is 19.6 Å². The van der Waals surface area contributed by atoms with Crippen LogP contribution in [0, 0.1) is 26.2 Å². The zero-order valence-corrected chi connectivity index (χ0v) is 13.3. The fraction of sp³-hybridized carbons (Fsp3) is 0.647. The minimum Gasteiger partial charge on any atom is -0.330 e. The second-order valence-corrected chi connectivity index (χ2v) is 6.41. The maximum atomic E-state index is 5.73. The molecular weight excluding hydrogens is 232 g/mol. The third-order valence-corrected chi connectivity index (χ3v) is 4.27. The minimum absolute atomic E-state index is 0.253. The summed E-state index contributed by atoms with van der Waals surface area (Å²) in [6.45, 7) is 13.9. The summed E-state index contributed by atoms with van der Waals surface area (Å²) in [6, 6.07) is 4.50. The zero-order valence-electron chi connectivity index (χ0n) is 13.3. The Morgan fingerprint density at radius 1 is 1.05 bits per heavy atom. The van der Waals surface area contributed by atoms with Crippen LogP contribution in [0.2, 0.25) is 0 Å². The normalized spacial score (nSPS) is 11.9. The molecule has 1 aromatic carbocycles. The van der Waals surface area contributed by atoms with E-state index in [4.69, 9.17) is 5.73 Å². The number of hydrogen-bond donors (Lipinski definition) is 2. The van der Waals surface area contributed by atoms with Crippen molar-refractivity contribution in [3.8, 4) is 0 Å². The lowest BCUT2D eigenvalue weighted by Gasteiger charge is -2.22. The summed E-state index contributed by atoms with van der Waals surface area (Å²) in [5, 5.41) is 3.53. The molecule has 2 heteroatoms. The number of rotatable bonds is 7. The summed E-state index contributed by atoms with van der Waals surface area (Å²) < 4.78 is 0. The molecule has 0 saturated heterocycles. The van der Waals surface area contributed by atoms with Crippen molar-refractivity contribution in [3.05, 3.63) is 34.4 Å². The van der Waals surface area contributed by atoms with Crippen LogP contribution >= 0.6 is 0 Å². The number of aryl methyl sites for hydroxylation is 1. The van der Waals surface area contributed by atoms with E-state index in [0.29, 0.717) is 0 Å². The summed E-state index contributed by atoms with van der Waals surface area (Å²) >= 11 is 0. The van der Waals surface area contributed by atoms with Crippen LogP contribution < -0.4 is 11.1 Å². The van der Waals surface area contributed by atoms with E-state index < -0.39 is 0 Å². The number of nitrogens with two attached hydrogens (primary N) is 1. The Balaban J connectivity index is 2.36. The van der Waals surface area contributed by atoms with Crippen molar-refractivity contribution in [2.75, 3.05) is 19.6 Å². The van der Waals surface area contributed by atoms with Crippen LogP contribution in [-0.2, 0) is 6.42 Å². The van der Waals surface area contributed by atoms with E-state index >= 15 is 0 Å². The van der Waals surface area contributed by atoms with Gasteiger partial charge in [-0.15, -0.1) is 0 Å². The minimum atomic E-state index is 0.253. The molecule has 0 atom stereocenters. The summed E-state index contributed by atoms with van der Waals surface area (Å²) in [6.07, 6.45) is 2.24. The maximum Gasteiger partial charge on any atom is -0.000825 e. The first kappa shape index (κ1) is 16.2. The fourth-order valence-electron chi connectivity index (χ4n) is 2.16. The third kappa shape index (κ3) is 4.96. The van der Waals surface area contributed by atoms with E-state index in [1.165, 1.54) is 22.3 Å². The summed E-state index contributed by atoms with van der Waals surface area (Å²) in [5.74, 6) is 0. The van der Waals surface area contributed by atoms with Crippen molar-refractivity contribution in [1.29, 1.82) is 0 Å². The first-order valence-corrected chi connectivity index (χ1v) is 7.34. The molecule has 2 nitrogen and oxygen atoms in total.